The number of pyridine rings is 1. The molecule has 2 rings (SSSR count). The molecule has 90 valence electrons. The summed E-state index contributed by atoms with van der Waals surface area (Å²) in [4.78, 5) is 16.3. The molecule has 0 spiro atoms. The Hall–Kier alpha value is -1.64. The number of allylic oxidation sites excluding steroid dienone is 1. The smallest absolute Gasteiger partial charge is 0.141 e. The average molecular weight is 231 g/mol. The summed E-state index contributed by atoms with van der Waals surface area (Å²) >= 11 is 0. The minimum atomic E-state index is -0.119. The van der Waals surface area contributed by atoms with Crippen molar-refractivity contribution in [3.05, 3.63) is 41.9 Å². The number of rotatable bonds is 4. The second-order valence-corrected chi connectivity index (χ2v) is 4.23. The van der Waals surface area contributed by atoms with E-state index in [0.717, 1.165) is 17.7 Å². The Morgan fingerprint density at radius 2 is 2.41 bits per heavy atom. The molecule has 1 heterocycles. The molecule has 1 unspecified atom stereocenters. The third kappa shape index (κ3) is 2.54. The van der Waals surface area contributed by atoms with E-state index in [1.54, 1.807) is 6.20 Å². The second-order valence-electron chi connectivity index (χ2n) is 4.23. The maximum absolute atomic E-state index is 12.0. The molecule has 0 aliphatic heterocycles. The molecule has 0 amide bonds. The van der Waals surface area contributed by atoms with Gasteiger partial charge in [-0.15, -0.1) is 0 Å². The molecule has 1 aliphatic carbocycles. The molecule has 0 saturated heterocycles. The van der Waals surface area contributed by atoms with Crippen molar-refractivity contribution in [1.82, 2.24) is 4.98 Å². The SMILES string of the molecule is C=C(CC1C(=O)CCc2ncccc21)OCC. The minimum absolute atomic E-state index is 0.119. The van der Waals surface area contributed by atoms with Gasteiger partial charge in [-0.25, -0.2) is 0 Å². The zero-order chi connectivity index (χ0) is 12.3. The number of aromatic nitrogens is 1. The van der Waals surface area contributed by atoms with E-state index in [4.69, 9.17) is 4.74 Å². The molecule has 17 heavy (non-hydrogen) atoms. The summed E-state index contributed by atoms with van der Waals surface area (Å²) in [6.45, 7) is 6.37. The highest BCUT2D eigenvalue weighted by atomic mass is 16.5. The summed E-state index contributed by atoms with van der Waals surface area (Å²) in [5, 5.41) is 0. The number of fused-ring (bicyclic) bond motifs is 1. The van der Waals surface area contributed by atoms with Gasteiger partial charge in [-0.05, 0) is 25.0 Å². The van der Waals surface area contributed by atoms with Crippen molar-refractivity contribution in [3.8, 4) is 0 Å². The van der Waals surface area contributed by atoms with E-state index >= 15 is 0 Å². The topological polar surface area (TPSA) is 39.2 Å². The lowest BCUT2D eigenvalue weighted by Crippen LogP contribution is -2.22. The van der Waals surface area contributed by atoms with Crippen LogP contribution in [0.3, 0.4) is 0 Å². The summed E-state index contributed by atoms with van der Waals surface area (Å²) in [6, 6.07) is 3.87. The highest BCUT2D eigenvalue weighted by Crippen LogP contribution is 2.32. The van der Waals surface area contributed by atoms with Crippen molar-refractivity contribution in [2.75, 3.05) is 6.61 Å². The first-order valence-electron chi connectivity index (χ1n) is 5.99. The largest absolute Gasteiger partial charge is 0.499 e. The molecular formula is C14H17NO2. The lowest BCUT2D eigenvalue weighted by Gasteiger charge is -2.23. The number of Topliss-reactive ketones (excluding diaryl/α,β-unsaturated/α-hetero) is 1. The molecule has 1 aromatic heterocycles. The van der Waals surface area contributed by atoms with E-state index in [0.29, 0.717) is 25.2 Å². The molecule has 0 N–H and O–H groups in total. The molecular weight excluding hydrogens is 214 g/mol. The summed E-state index contributed by atoms with van der Waals surface area (Å²) in [6.07, 6.45) is 3.69. The molecule has 0 aromatic carbocycles. The lowest BCUT2D eigenvalue weighted by atomic mass is 9.82. The highest BCUT2D eigenvalue weighted by Gasteiger charge is 2.28. The Morgan fingerprint density at radius 1 is 1.59 bits per heavy atom. The van der Waals surface area contributed by atoms with E-state index in [9.17, 15) is 4.79 Å². The van der Waals surface area contributed by atoms with Gasteiger partial charge in [0.1, 0.15) is 5.78 Å². The van der Waals surface area contributed by atoms with Crippen LogP contribution in [-0.2, 0) is 16.0 Å². The van der Waals surface area contributed by atoms with Gasteiger partial charge >= 0.3 is 0 Å². The minimum Gasteiger partial charge on any atom is -0.499 e. The van der Waals surface area contributed by atoms with Crippen molar-refractivity contribution < 1.29 is 9.53 Å². The second kappa shape index (κ2) is 5.13. The quantitative estimate of drug-likeness (QED) is 0.748. The molecule has 3 heteroatoms. The standard InChI is InChI=1S/C14H17NO2/c1-3-17-10(2)9-12-11-5-4-8-15-13(11)6-7-14(12)16/h4-5,8,12H,2-3,6-7,9H2,1H3. The van der Waals surface area contributed by atoms with Crippen LogP contribution in [0, 0.1) is 0 Å². The van der Waals surface area contributed by atoms with E-state index in [2.05, 4.69) is 11.6 Å². The fourth-order valence-corrected chi connectivity index (χ4v) is 2.28. The van der Waals surface area contributed by atoms with Crippen molar-refractivity contribution in [2.45, 2.75) is 32.1 Å². The Morgan fingerprint density at radius 3 is 3.18 bits per heavy atom. The zero-order valence-electron chi connectivity index (χ0n) is 10.1. The van der Waals surface area contributed by atoms with Crippen LogP contribution in [0.2, 0.25) is 0 Å². The van der Waals surface area contributed by atoms with Gasteiger partial charge in [0.05, 0.1) is 18.3 Å². The maximum Gasteiger partial charge on any atom is 0.141 e. The van der Waals surface area contributed by atoms with E-state index in [-0.39, 0.29) is 11.7 Å². The molecule has 1 atom stereocenters. The van der Waals surface area contributed by atoms with Crippen LogP contribution >= 0.6 is 0 Å². The van der Waals surface area contributed by atoms with Crippen molar-refractivity contribution >= 4 is 5.78 Å². The number of hydrogen-bond donors (Lipinski definition) is 0. The van der Waals surface area contributed by atoms with Crippen molar-refractivity contribution in [1.29, 1.82) is 0 Å². The zero-order valence-corrected chi connectivity index (χ0v) is 10.1. The number of ketones is 1. The molecule has 1 aliphatic rings. The molecule has 0 radical (unpaired) electrons. The van der Waals surface area contributed by atoms with Crippen LogP contribution in [0.4, 0.5) is 0 Å². The number of carbonyl (C=O) groups excluding carboxylic acids is 1. The first-order valence-corrected chi connectivity index (χ1v) is 5.99. The number of nitrogens with zero attached hydrogens (tertiary/aromatic N) is 1. The molecule has 0 saturated carbocycles. The van der Waals surface area contributed by atoms with Crippen LogP contribution in [-0.4, -0.2) is 17.4 Å². The van der Waals surface area contributed by atoms with Crippen LogP contribution in [0.5, 0.6) is 0 Å². The fraction of sp³-hybridized carbons (Fsp3) is 0.429. The Bertz CT molecular complexity index is 440. The van der Waals surface area contributed by atoms with Gasteiger partial charge in [0.2, 0.25) is 0 Å². The first-order chi connectivity index (χ1) is 8.22. The Labute approximate surface area is 102 Å². The van der Waals surface area contributed by atoms with Crippen LogP contribution in [0.15, 0.2) is 30.7 Å². The van der Waals surface area contributed by atoms with Crippen LogP contribution in [0.1, 0.15) is 36.9 Å². The number of hydrogen-bond acceptors (Lipinski definition) is 3. The van der Waals surface area contributed by atoms with E-state index in [1.165, 1.54) is 0 Å². The van der Waals surface area contributed by atoms with E-state index < -0.39 is 0 Å². The van der Waals surface area contributed by atoms with E-state index in [1.807, 2.05) is 19.1 Å². The van der Waals surface area contributed by atoms with Gasteiger partial charge in [0.15, 0.2) is 0 Å². The molecule has 0 fully saturated rings. The van der Waals surface area contributed by atoms with Gasteiger partial charge in [-0.3, -0.25) is 9.78 Å². The summed E-state index contributed by atoms with van der Waals surface area (Å²) in [5.74, 6) is 0.834. The number of aryl methyl sites for hydroxylation is 1. The van der Waals surface area contributed by atoms with Crippen molar-refractivity contribution in [2.24, 2.45) is 0 Å². The predicted molar refractivity (Wildman–Crippen MR) is 65.7 cm³/mol. The lowest BCUT2D eigenvalue weighted by molar-refractivity contribution is -0.121. The highest BCUT2D eigenvalue weighted by molar-refractivity contribution is 5.88. The third-order valence-corrected chi connectivity index (χ3v) is 3.08. The van der Waals surface area contributed by atoms with Crippen LogP contribution in [0.25, 0.3) is 0 Å². The summed E-state index contributed by atoms with van der Waals surface area (Å²) < 4.78 is 5.34. The van der Waals surface area contributed by atoms with Gasteiger partial charge < -0.3 is 4.74 Å². The molecule has 1 aromatic rings. The van der Waals surface area contributed by atoms with Gasteiger partial charge in [-0.1, -0.05) is 12.6 Å². The fourth-order valence-electron chi connectivity index (χ4n) is 2.28. The number of carbonyl (C=O) groups is 1. The summed E-state index contributed by atoms with van der Waals surface area (Å²) in [5.41, 5.74) is 2.09. The van der Waals surface area contributed by atoms with Crippen molar-refractivity contribution in [3.63, 3.8) is 0 Å². The van der Waals surface area contributed by atoms with Gasteiger partial charge in [0.25, 0.3) is 0 Å². The first kappa shape index (κ1) is 11.8. The summed E-state index contributed by atoms with van der Waals surface area (Å²) in [7, 11) is 0. The molecule has 3 nitrogen and oxygen atoms in total. The van der Waals surface area contributed by atoms with Gasteiger partial charge in [-0.2, -0.15) is 0 Å². The predicted octanol–water partition coefficient (Wildman–Crippen LogP) is 2.62. The Kier molecular flexibility index (Phi) is 3.57. The monoisotopic (exact) mass is 231 g/mol. The van der Waals surface area contributed by atoms with Gasteiger partial charge in [0, 0.05) is 24.7 Å². The average Bonchev–Trinajstić information content (AvgIpc) is 2.33. The Balaban J connectivity index is 2.21. The normalized spacial score (nSPS) is 18.6. The molecule has 0 bridgehead atoms. The third-order valence-electron chi connectivity index (χ3n) is 3.08. The van der Waals surface area contributed by atoms with Crippen LogP contribution < -0.4 is 0 Å². The number of ether oxygens (including phenoxy) is 1. The maximum atomic E-state index is 12.0.